The van der Waals surface area contributed by atoms with Gasteiger partial charge in [-0.1, -0.05) is 34.1 Å². The number of benzene rings is 1. The summed E-state index contributed by atoms with van der Waals surface area (Å²) in [4.78, 5) is 11.8. The first-order valence-corrected chi connectivity index (χ1v) is 5.37. The second kappa shape index (κ2) is 4.71. The lowest BCUT2D eigenvalue weighted by Gasteiger charge is -2.16. The Kier molecular flexibility index (Phi) is 3.80. The summed E-state index contributed by atoms with van der Waals surface area (Å²) >= 11 is 3.24. The molecular formula is C12H12BrFO. The Morgan fingerprint density at radius 3 is 2.87 bits per heavy atom. The first kappa shape index (κ1) is 12.1. The molecule has 0 saturated heterocycles. The van der Waals surface area contributed by atoms with E-state index in [0.717, 1.165) is 4.47 Å². The maximum Gasteiger partial charge on any atom is 0.200 e. The molecular weight excluding hydrogens is 259 g/mol. The first-order chi connectivity index (χ1) is 6.97. The number of ketones is 1. The molecule has 0 bridgehead atoms. The van der Waals surface area contributed by atoms with Gasteiger partial charge in [-0.2, -0.15) is 0 Å². The van der Waals surface area contributed by atoms with Crippen molar-refractivity contribution in [3.05, 3.63) is 47.0 Å². The van der Waals surface area contributed by atoms with Crippen molar-refractivity contribution in [1.29, 1.82) is 0 Å². The van der Waals surface area contributed by atoms with Crippen LogP contribution in [-0.4, -0.2) is 11.5 Å². The molecule has 1 rings (SSSR count). The minimum absolute atomic E-state index is 0.0261. The Balaban J connectivity index is 2.99. The minimum Gasteiger partial charge on any atom is -0.291 e. The molecule has 3 heteroatoms. The highest BCUT2D eigenvalue weighted by molar-refractivity contribution is 9.10. The van der Waals surface area contributed by atoms with Crippen molar-refractivity contribution in [2.24, 2.45) is 0 Å². The maximum absolute atomic E-state index is 13.9. The second-order valence-corrected chi connectivity index (χ2v) is 4.45. The van der Waals surface area contributed by atoms with E-state index in [9.17, 15) is 9.18 Å². The Morgan fingerprint density at radius 2 is 2.33 bits per heavy atom. The summed E-state index contributed by atoms with van der Waals surface area (Å²) in [5.41, 5.74) is -1.50. The van der Waals surface area contributed by atoms with E-state index in [1.54, 1.807) is 24.3 Å². The molecule has 0 heterocycles. The highest BCUT2D eigenvalue weighted by Gasteiger charge is 2.32. The molecule has 1 aromatic rings. The van der Waals surface area contributed by atoms with Gasteiger partial charge in [0.1, 0.15) is 0 Å². The SMILES string of the molecule is C=CCC(C)(F)C(=O)c1cccc(Br)c1. The molecule has 0 radical (unpaired) electrons. The van der Waals surface area contributed by atoms with E-state index in [1.165, 1.54) is 13.0 Å². The van der Waals surface area contributed by atoms with E-state index >= 15 is 0 Å². The molecule has 0 fully saturated rings. The van der Waals surface area contributed by atoms with Gasteiger partial charge in [-0.25, -0.2) is 4.39 Å². The highest BCUT2D eigenvalue weighted by Crippen LogP contribution is 2.23. The monoisotopic (exact) mass is 270 g/mol. The van der Waals surface area contributed by atoms with Crippen LogP contribution in [0.1, 0.15) is 23.7 Å². The largest absolute Gasteiger partial charge is 0.291 e. The topological polar surface area (TPSA) is 17.1 Å². The third-order valence-corrected chi connectivity index (χ3v) is 2.58. The van der Waals surface area contributed by atoms with E-state index < -0.39 is 11.5 Å². The highest BCUT2D eigenvalue weighted by atomic mass is 79.9. The molecule has 1 unspecified atom stereocenters. The normalized spacial score (nSPS) is 14.3. The van der Waals surface area contributed by atoms with Crippen LogP contribution in [0.3, 0.4) is 0 Å². The van der Waals surface area contributed by atoms with Gasteiger partial charge in [0.15, 0.2) is 11.5 Å². The summed E-state index contributed by atoms with van der Waals surface area (Å²) < 4.78 is 14.6. The number of rotatable bonds is 4. The van der Waals surface area contributed by atoms with Crippen molar-refractivity contribution in [3.8, 4) is 0 Å². The zero-order valence-electron chi connectivity index (χ0n) is 8.47. The van der Waals surface area contributed by atoms with E-state index in [0.29, 0.717) is 5.56 Å². The van der Waals surface area contributed by atoms with Gasteiger partial charge in [-0.3, -0.25) is 4.79 Å². The summed E-state index contributed by atoms with van der Waals surface area (Å²) in [5.74, 6) is -0.510. The summed E-state index contributed by atoms with van der Waals surface area (Å²) in [6, 6.07) is 6.72. The Bertz CT molecular complexity index is 385. The maximum atomic E-state index is 13.9. The lowest BCUT2D eigenvalue weighted by atomic mass is 9.93. The molecule has 0 N–H and O–H groups in total. The number of hydrogen-bond donors (Lipinski definition) is 0. The predicted molar refractivity (Wildman–Crippen MR) is 62.8 cm³/mol. The molecule has 1 atom stereocenters. The summed E-state index contributed by atoms with van der Waals surface area (Å²) in [6.07, 6.45) is 1.44. The van der Waals surface area contributed by atoms with E-state index in [-0.39, 0.29) is 6.42 Å². The minimum atomic E-state index is -1.87. The van der Waals surface area contributed by atoms with Crippen molar-refractivity contribution in [2.75, 3.05) is 0 Å². The Hall–Kier alpha value is -0.960. The molecule has 0 spiro atoms. The van der Waals surface area contributed by atoms with Gasteiger partial charge >= 0.3 is 0 Å². The third kappa shape index (κ3) is 2.99. The quantitative estimate of drug-likeness (QED) is 0.599. The summed E-state index contributed by atoms with van der Waals surface area (Å²) in [5, 5.41) is 0. The van der Waals surface area contributed by atoms with Crippen molar-refractivity contribution in [1.82, 2.24) is 0 Å². The fourth-order valence-corrected chi connectivity index (χ4v) is 1.69. The van der Waals surface area contributed by atoms with Gasteiger partial charge in [-0.15, -0.1) is 6.58 Å². The van der Waals surface area contributed by atoms with Crippen molar-refractivity contribution in [3.63, 3.8) is 0 Å². The number of Topliss-reactive ketones (excluding diaryl/α,β-unsaturated/α-hetero) is 1. The number of alkyl halides is 1. The molecule has 1 nitrogen and oxygen atoms in total. The number of carbonyl (C=O) groups excluding carboxylic acids is 1. The van der Waals surface area contributed by atoms with Gasteiger partial charge in [0.2, 0.25) is 0 Å². The van der Waals surface area contributed by atoms with Crippen LogP contribution < -0.4 is 0 Å². The van der Waals surface area contributed by atoms with Gasteiger partial charge in [-0.05, 0) is 19.1 Å². The van der Waals surface area contributed by atoms with Crippen LogP contribution in [0.25, 0.3) is 0 Å². The van der Waals surface area contributed by atoms with Crippen molar-refractivity contribution >= 4 is 21.7 Å². The summed E-state index contributed by atoms with van der Waals surface area (Å²) in [6.45, 7) is 4.71. The number of hydrogen-bond acceptors (Lipinski definition) is 1. The molecule has 15 heavy (non-hydrogen) atoms. The van der Waals surface area contributed by atoms with Crippen LogP contribution in [-0.2, 0) is 0 Å². The zero-order valence-corrected chi connectivity index (χ0v) is 10.1. The van der Waals surface area contributed by atoms with Crippen LogP contribution in [0.5, 0.6) is 0 Å². The Labute approximate surface area is 97.1 Å². The molecule has 1 aromatic carbocycles. The Morgan fingerprint density at radius 1 is 1.67 bits per heavy atom. The van der Waals surface area contributed by atoms with Gasteiger partial charge in [0.25, 0.3) is 0 Å². The predicted octanol–water partition coefficient (Wildman–Crippen LogP) is 3.94. The second-order valence-electron chi connectivity index (χ2n) is 3.53. The van der Waals surface area contributed by atoms with Crippen LogP contribution in [0, 0.1) is 0 Å². The first-order valence-electron chi connectivity index (χ1n) is 4.57. The fraction of sp³-hybridized carbons (Fsp3) is 0.250. The molecule has 80 valence electrons. The van der Waals surface area contributed by atoms with E-state index in [1.807, 2.05) is 0 Å². The van der Waals surface area contributed by atoms with Gasteiger partial charge < -0.3 is 0 Å². The van der Waals surface area contributed by atoms with Crippen LogP contribution >= 0.6 is 15.9 Å². The van der Waals surface area contributed by atoms with Crippen LogP contribution in [0.4, 0.5) is 4.39 Å². The third-order valence-electron chi connectivity index (χ3n) is 2.09. The fourth-order valence-electron chi connectivity index (χ4n) is 1.29. The zero-order chi connectivity index (χ0) is 11.5. The average Bonchev–Trinajstić information content (AvgIpc) is 2.16. The lowest BCUT2D eigenvalue weighted by Crippen LogP contribution is -2.29. The number of allylic oxidation sites excluding steroid dienone is 1. The van der Waals surface area contributed by atoms with Crippen molar-refractivity contribution < 1.29 is 9.18 Å². The molecule has 0 aliphatic rings. The summed E-state index contributed by atoms with van der Waals surface area (Å²) in [7, 11) is 0. The lowest BCUT2D eigenvalue weighted by molar-refractivity contribution is 0.0730. The van der Waals surface area contributed by atoms with E-state index in [2.05, 4.69) is 22.5 Å². The smallest absolute Gasteiger partial charge is 0.200 e. The molecule has 0 aliphatic carbocycles. The average molecular weight is 271 g/mol. The molecule has 0 saturated carbocycles. The van der Waals surface area contributed by atoms with Crippen LogP contribution in [0.15, 0.2) is 41.4 Å². The molecule has 0 amide bonds. The van der Waals surface area contributed by atoms with Gasteiger partial charge in [0.05, 0.1) is 0 Å². The molecule has 0 aliphatic heterocycles. The van der Waals surface area contributed by atoms with Crippen LogP contribution in [0.2, 0.25) is 0 Å². The van der Waals surface area contributed by atoms with Crippen molar-refractivity contribution in [2.45, 2.75) is 19.0 Å². The standard InChI is InChI=1S/C12H12BrFO/c1-3-7-12(2,14)11(15)9-5-4-6-10(13)8-9/h3-6,8H,1,7H2,2H3. The molecule has 0 aromatic heterocycles. The number of halogens is 2. The number of carbonyl (C=O) groups is 1. The van der Waals surface area contributed by atoms with E-state index in [4.69, 9.17) is 0 Å². The van der Waals surface area contributed by atoms with Gasteiger partial charge in [0, 0.05) is 16.5 Å².